The number of hydrogen-bond donors (Lipinski definition) is 1. The van der Waals surface area contributed by atoms with Gasteiger partial charge in [-0.15, -0.1) is 0 Å². The van der Waals surface area contributed by atoms with Crippen molar-refractivity contribution >= 4 is 11.7 Å². The van der Waals surface area contributed by atoms with Gasteiger partial charge in [0.2, 0.25) is 0 Å². The van der Waals surface area contributed by atoms with E-state index in [0.29, 0.717) is 11.3 Å². The predicted molar refractivity (Wildman–Crippen MR) is 91.9 cm³/mol. The van der Waals surface area contributed by atoms with Crippen LogP contribution in [0.15, 0.2) is 17.1 Å². The molecule has 1 aromatic heterocycles. The number of pyridine rings is 1. The fraction of sp³-hybridized carbons (Fsp3) is 0.684. The number of nitrogens with zero attached hydrogens (tertiary/aromatic N) is 1. The van der Waals surface area contributed by atoms with Crippen molar-refractivity contribution in [3.05, 3.63) is 28.2 Å². The topological polar surface area (TPSA) is 69.6 Å². The van der Waals surface area contributed by atoms with E-state index in [9.17, 15) is 9.59 Å². The molecule has 134 valence electrons. The van der Waals surface area contributed by atoms with Gasteiger partial charge in [0.05, 0.1) is 24.0 Å². The first-order chi connectivity index (χ1) is 11.9. The summed E-state index contributed by atoms with van der Waals surface area (Å²) in [4.78, 5) is 24.9. The van der Waals surface area contributed by atoms with Crippen LogP contribution in [0.25, 0.3) is 0 Å². The molecule has 0 aliphatic heterocycles. The molecule has 0 unspecified atom stereocenters. The standard InChI is InChI=1S/C19H24N2O4/c1-24-16(23)13-7-21(18-4-12(5-18)6-18)15(22)3-14(13)20-11-17-8-19(9-17,10-17)25-2/h3,7,12,20H,4-6,8-11H2,1-2H3. The lowest BCUT2D eigenvalue weighted by molar-refractivity contribution is -0.267. The molecular weight excluding hydrogens is 320 g/mol. The summed E-state index contributed by atoms with van der Waals surface area (Å²) in [5, 5.41) is 3.35. The van der Waals surface area contributed by atoms with Crippen molar-refractivity contribution in [2.75, 3.05) is 26.1 Å². The number of ether oxygens (including phenoxy) is 2. The Hall–Kier alpha value is -1.82. The van der Waals surface area contributed by atoms with E-state index in [1.165, 1.54) is 7.11 Å². The molecule has 6 heteroatoms. The lowest BCUT2D eigenvalue weighted by atomic mass is 9.41. The fourth-order valence-corrected chi connectivity index (χ4v) is 5.63. The first-order valence-electron chi connectivity index (χ1n) is 9.07. The molecule has 0 amide bonds. The van der Waals surface area contributed by atoms with Crippen LogP contribution in [-0.4, -0.2) is 36.9 Å². The van der Waals surface area contributed by atoms with Crippen molar-refractivity contribution in [2.24, 2.45) is 11.3 Å². The van der Waals surface area contributed by atoms with Gasteiger partial charge in [-0.3, -0.25) is 4.79 Å². The molecule has 6 saturated carbocycles. The molecule has 0 radical (unpaired) electrons. The van der Waals surface area contributed by atoms with Crippen molar-refractivity contribution in [3.63, 3.8) is 0 Å². The highest BCUT2D eigenvalue weighted by Gasteiger charge is 2.68. The van der Waals surface area contributed by atoms with E-state index in [1.54, 1.807) is 23.9 Å². The largest absolute Gasteiger partial charge is 0.465 e. The number of aromatic nitrogens is 1. The van der Waals surface area contributed by atoms with E-state index in [-0.39, 0.29) is 22.1 Å². The molecule has 7 rings (SSSR count). The van der Waals surface area contributed by atoms with Gasteiger partial charge in [0.25, 0.3) is 5.56 Å². The van der Waals surface area contributed by atoms with E-state index in [2.05, 4.69) is 5.32 Å². The van der Waals surface area contributed by atoms with Crippen molar-refractivity contribution in [2.45, 2.75) is 49.7 Å². The van der Waals surface area contributed by atoms with Gasteiger partial charge >= 0.3 is 5.97 Å². The number of anilines is 1. The third kappa shape index (κ3) is 1.94. The van der Waals surface area contributed by atoms with E-state index in [4.69, 9.17) is 9.47 Å². The summed E-state index contributed by atoms with van der Waals surface area (Å²) in [6, 6.07) is 1.57. The Kier molecular flexibility index (Phi) is 2.88. The van der Waals surface area contributed by atoms with Crippen LogP contribution in [0.4, 0.5) is 5.69 Å². The number of esters is 1. The van der Waals surface area contributed by atoms with Crippen LogP contribution >= 0.6 is 0 Å². The lowest BCUT2D eigenvalue weighted by Crippen LogP contribution is -2.70. The number of rotatable bonds is 6. The Labute approximate surface area is 146 Å². The van der Waals surface area contributed by atoms with Crippen LogP contribution in [0.2, 0.25) is 0 Å². The summed E-state index contributed by atoms with van der Waals surface area (Å²) in [5.74, 6) is 0.373. The zero-order valence-electron chi connectivity index (χ0n) is 14.8. The predicted octanol–water partition coefficient (Wildman–Crippen LogP) is 2.12. The molecule has 6 nitrogen and oxygen atoms in total. The van der Waals surface area contributed by atoms with Crippen LogP contribution in [-0.2, 0) is 15.0 Å². The molecule has 25 heavy (non-hydrogen) atoms. The Morgan fingerprint density at radius 3 is 2.48 bits per heavy atom. The SMILES string of the molecule is COC(=O)c1cn(C23CC(C2)C3)c(=O)cc1NCC12CC(OC)(C1)C2. The second-order valence-electron chi connectivity index (χ2n) is 8.77. The molecule has 6 fully saturated rings. The first kappa shape index (κ1) is 15.4. The molecule has 0 aromatic carbocycles. The highest BCUT2D eigenvalue weighted by Crippen LogP contribution is 2.68. The highest BCUT2D eigenvalue weighted by molar-refractivity contribution is 5.95. The molecule has 1 heterocycles. The third-order valence-corrected chi connectivity index (χ3v) is 7.15. The minimum atomic E-state index is -0.395. The summed E-state index contributed by atoms with van der Waals surface area (Å²) in [6.45, 7) is 0.763. The lowest BCUT2D eigenvalue weighted by Gasteiger charge is -2.69. The summed E-state index contributed by atoms with van der Waals surface area (Å²) >= 11 is 0. The average Bonchev–Trinajstić information content (AvgIpc) is 2.43. The number of methoxy groups -OCH3 is 2. The van der Waals surface area contributed by atoms with Gasteiger partial charge in [-0.05, 0) is 49.9 Å². The second-order valence-corrected chi connectivity index (χ2v) is 8.77. The molecule has 0 saturated heterocycles. The second kappa shape index (κ2) is 4.67. The summed E-state index contributed by atoms with van der Waals surface area (Å²) < 4.78 is 12.3. The van der Waals surface area contributed by atoms with E-state index < -0.39 is 5.97 Å². The van der Waals surface area contributed by atoms with Crippen molar-refractivity contribution in [3.8, 4) is 0 Å². The number of nitrogens with one attached hydrogen (secondary N) is 1. The van der Waals surface area contributed by atoms with Crippen LogP contribution < -0.4 is 10.9 Å². The van der Waals surface area contributed by atoms with E-state index in [1.807, 2.05) is 0 Å². The number of carbonyl (C=O) groups excluding carboxylic acids is 1. The summed E-state index contributed by atoms with van der Waals surface area (Å²) in [7, 11) is 3.16. The monoisotopic (exact) mass is 344 g/mol. The Morgan fingerprint density at radius 2 is 1.96 bits per heavy atom. The number of carbonyl (C=O) groups is 1. The average molecular weight is 344 g/mol. The Bertz CT molecular complexity index is 790. The number of hydrogen-bond acceptors (Lipinski definition) is 5. The first-order valence-corrected chi connectivity index (χ1v) is 9.07. The van der Waals surface area contributed by atoms with Crippen molar-refractivity contribution < 1.29 is 14.3 Å². The molecule has 0 spiro atoms. The maximum absolute atomic E-state index is 12.6. The zero-order chi connectivity index (χ0) is 17.4. The van der Waals surface area contributed by atoms with Crippen molar-refractivity contribution in [1.82, 2.24) is 4.57 Å². The minimum Gasteiger partial charge on any atom is -0.465 e. The van der Waals surface area contributed by atoms with Gasteiger partial charge in [-0.1, -0.05) is 0 Å². The molecular formula is C19H24N2O4. The van der Waals surface area contributed by atoms with Gasteiger partial charge in [-0.25, -0.2) is 4.79 Å². The molecule has 1 N–H and O–H groups in total. The minimum absolute atomic E-state index is 0.0285. The van der Waals surface area contributed by atoms with E-state index in [0.717, 1.165) is 51.0 Å². The van der Waals surface area contributed by atoms with Gasteiger partial charge < -0.3 is 19.4 Å². The maximum atomic E-state index is 12.6. The van der Waals surface area contributed by atoms with Crippen LogP contribution in [0.1, 0.15) is 48.9 Å². The van der Waals surface area contributed by atoms with Gasteiger partial charge in [0.15, 0.2) is 0 Å². The van der Waals surface area contributed by atoms with Gasteiger partial charge in [-0.2, -0.15) is 0 Å². The Morgan fingerprint density at radius 1 is 1.28 bits per heavy atom. The van der Waals surface area contributed by atoms with Crippen LogP contribution in [0, 0.1) is 11.3 Å². The van der Waals surface area contributed by atoms with E-state index >= 15 is 0 Å². The van der Waals surface area contributed by atoms with Gasteiger partial charge in [0, 0.05) is 31.5 Å². The summed E-state index contributed by atoms with van der Waals surface area (Å²) in [5.41, 5.74) is 1.34. The maximum Gasteiger partial charge on any atom is 0.341 e. The normalized spacial score (nSPS) is 39.4. The van der Waals surface area contributed by atoms with Crippen molar-refractivity contribution in [1.29, 1.82) is 0 Å². The van der Waals surface area contributed by atoms with Crippen LogP contribution in [0.5, 0.6) is 0 Å². The molecule has 0 atom stereocenters. The third-order valence-electron chi connectivity index (χ3n) is 7.15. The van der Waals surface area contributed by atoms with Gasteiger partial charge in [0.1, 0.15) is 0 Å². The molecule has 4 bridgehead atoms. The molecule has 1 aromatic rings. The Balaban J connectivity index is 1.40. The molecule has 6 aliphatic carbocycles. The van der Waals surface area contributed by atoms with Crippen LogP contribution in [0.3, 0.4) is 0 Å². The fourth-order valence-electron chi connectivity index (χ4n) is 5.63. The smallest absolute Gasteiger partial charge is 0.341 e. The highest BCUT2D eigenvalue weighted by atomic mass is 16.5. The zero-order valence-corrected chi connectivity index (χ0v) is 14.8. The quantitative estimate of drug-likeness (QED) is 0.801. The molecule has 6 aliphatic rings. The summed E-state index contributed by atoms with van der Waals surface area (Å²) in [6.07, 6.45) is 8.05.